The van der Waals surface area contributed by atoms with E-state index >= 15 is 0 Å². The highest BCUT2D eigenvalue weighted by molar-refractivity contribution is 7.98. The highest BCUT2D eigenvalue weighted by Crippen LogP contribution is 2.39. The van der Waals surface area contributed by atoms with E-state index in [4.69, 9.17) is 4.52 Å². The van der Waals surface area contributed by atoms with Crippen molar-refractivity contribution in [1.29, 1.82) is 0 Å². The molecule has 16 heavy (non-hydrogen) atoms. The summed E-state index contributed by atoms with van der Waals surface area (Å²) in [6.45, 7) is 0. The van der Waals surface area contributed by atoms with Gasteiger partial charge in [-0.2, -0.15) is 4.98 Å². The van der Waals surface area contributed by atoms with Gasteiger partial charge in [0.2, 0.25) is 11.0 Å². The first kappa shape index (κ1) is 9.76. The van der Waals surface area contributed by atoms with Crippen molar-refractivity contribution in [2.75, 3.05) is 0 Å². The molecule has 0 saturated heterocycles. The van der Waals surface area contributed by atoms with Crippen LogP contribution in [0.25, 0.3) is 0 Å². The van der Waals surface area contributed by atoms with Gasteiger partial charge < -0.3 is 4.52 Å². The molecule has 0 aromatic carbocycles. The third-order valence-electron chi connectivity index (χ3n) is 2.32. The predicted octanol–water partition coefficient (Wildman–Crippen LogP) is 0.763. The van der Waals surface area contributed by atoms with Gasteiger partial charge in [-0.15, -0.1) is 5.10 Å². The lowest BCUT2D eigenvalue weighted by Crippen LogP contribution is -1.94. The molecule has 2 heterocycles. The smallest absolute Gasteiger partial charge is 0.229 e. The average Bonchev–Trinajstić information content (AvgIpc) is 2.89. The van der Waals surface area contributed by atoms with Crippen LogP contribution in [-0.4, -0.2) is 30.3 Å². The maximum atomic E-state index is 5.16. The van der Waals surface area contributed by atoms with Gasteiger partial charge in [0.15, 0.2) is 5.82 Å². The van der Waals surface area contributed by atoms with Crippen molar-refractivity contribution < 1.29 is 4.52 Å². The lowest BCUT2D eigenvalue weighted by atomic mass is 10.4. The molecule has 0 spiro atoms. The monoisotopic (exact) mass is 238 g/mol. The number of hydrogen-bond acceptors (Lipinski definition) is 7. The quantitative estimate of drug-likeness (QED) is 0.727. The van der Waals surface area contributed by atoms with E-state index in [2.05, 4.69) is 25.7 Å². The van der Waals surface area contributed by atoms with E-state index in [1.54, 1.807) is 11.7 Å². The molecule has 2 aromatic heterocycles. The van der Waals surface area contributed by atoms with Gasteiger partial charge in [0.1, 0.15) is 0 Å². The van der Waals surface area contributed by atoms with E-state index in [0.717, 1.165) is 11.0 Å². The zero-order valence-corrected chi connectivity index (χ0v) is 9.51. The molecule has 0 aliphatic heterocycles. The Bertz CT molecular complexity index is 490. The molecule has 0 amide bonds. The Labute approximate surface area is 95.6 Å². The molecule has 2 aromatic rings. The summed E-state index contributed by atoms with van der Waals surface area (Å²) in [5.41, 5.74) is 0. The molecule has 0 bridgehead atoms. The van der Waals surface area contributed by atoms with Crippen molar-refractivity contribution in [3.8, 4) is 0 Å². The second-order valence-electron chi connectivity index (χ2n) is 3.70. The lowest BCUT2D eigenvalue weighted by Gasteiger charge is -1.93. The molecule has 8 heteroatoms. The zero-order chi connectivity index (χ0) is 11.0. The third-order valence-corrected chi connectivity index (χ3v) is 3.33. The molecular weight excluding hydrogens is 228 g/mol. The Morgan fingerprint density at radius 3 is 3.06 bits per heavy atom. The highest BCUT2D eigenvalue weighted by atomic mass is 32.2. The van der Waals surface area contributed by atoms with Crippen LogP contribution in [0, 0.1) is 0 Å². The number of hydrogen-bond donors (Lipinski definition) is 0. The summed E-state index contributed by atoms with van der Waals surface area (Å²) < 4.78 is 6.77. The van der Waals surface area contributed by atoms with Crippen molar-refractivity contribution in [3.63, 3.8) is 0 Å². The second kappa shape index (κ2) is 3.85. The number of aryl methyl sites for hydroxylation is 1. The first-order valence-corrected chi connectivity index (χ1v) is 5.99. The minimum Gasteiger partial charge on any atom is -0.339 e. The first-order chi connectivity index (χ1) is 7.83. The van der Waals surface area contributed by atoms with Crippen molar-refractivity contribution in [2.45, 2.75) is 29.7 Å². The van der Waals surface area contributed by atoms with Crippen LogP contribution >= 0.6 is 11.8 Å². The molecule has 0 N–H and O–H groups in total. The van der Waals surface area contributed by atoms with Crippen LogP contribution < -0.4 is 0 Å². The van der Waals surface area contributed by atoms with Gasteiger partial charge in [0, 0.05) is 13.0 Å². The Hall–Kier alpha value is -1.44. The Morgan fingerprint density at radius 1 is 1.50 bits per heavy atom. The Morgan fingerprint density at radius 2 is 2.38 bits per heavy atom. The van der Waals surface area contributed by atoms with Crippen LogP contribution in [0.4, 0.5) is 0 Å². The molecule has 1 aliphatic rings. The van der Waals surface area contributed by atoms with Gasteiger partial charge in [-0.3, -0.25) is 0 Å². The van der Waals surface area contributed by atoms with Crippen LogP contribution in [0.1, 0.15) is 30.5 Å². The fraction of sp³-hybridized carbons (Fsp3) is 0.625. The number of rotatable bonds is 4. The normalized spacial score (nSPS) is 15.6. The largest absolute Gasteiger partial charge is 0.339 e. The SMILES string of the molecule is Cn1nnnc1SCc1noc(C2CC2)n1. The van der Waals surface area contributed by atoms with Gasteiger partial charge in [0.05, 0.1) is 5.75 Å². The van der Waals surface area contributed by atoms with Crippen LogP contribution in [0.3, 0.4) is 0 Å². The van der Waals surface area contributed by atoms with Crippen LogP contribution in [0.15, 0.2) is 9.68 Å². The summed E-state index contributed by atoms with van der Waals surface area (Å²) in [6, 6.07) is 0. The molecule has 7 nitrogen and oxygen atoms in total. The zero-order valence-electron chi connectivity index (χ0n) is 8.70. The molecule has 0 atom stereocenters. The van der Waals surface area contributed by atoms with Crippen LogP contribution in [0.2, 0.25) is 0 Å². The number of nitrogens with zero attached hydrogens (tertiary/aromatic N) is 6. The van der Waals surface area contributed by atoms with Gasteiger partial charge >= 0.3 is 0 Å². The van der Waals surface area contributed by atoms with Gasteiger partial charge in [0.25, 0.3) is 0 Å². The minimum absolute atomic E-state index is 0.503. The summed E-state index contributed by atoms with van der Waals surface area (Å²) >= 11 is 1.49. The van der Waals surface area contributed by atoms with E-state index in [1.807, 2.05) is 0 Å². The average molecular weight is 238 g/mol. The van der Waals surface area contributed by atoms with E-state index in [9.17, 15) is 0 Å². The van der Waals surface area contributed by atoms with E-state index in [-0.39, 0.29) is 0 Å². The molecule has 1 fully saturated rings. The summed E-state index contributed by atoms with van der Waals surface area (Å²) in [5.74, 6) is 2.61. The lowest BCUT2D eigenvalue weighted by molar-refractivity contribution is 0.375. The van der Waals surface area contributed by atoms with Gasteiger partial charge in [-0.25, -0.2) is 4.68 Å². The standard InChI is InChI=1S/C8H10N6OS/c1-14-8(10-12-13-14)16-4-6-9-7(15-11-6)5-2-3-5/h5H,2-4H2,1H3. The molecule has 0 unspecified atom stereocenters. The van der Waals surface area contributed by atoms with Crippen molar-refractivity contribution >= 4 is 11.8 Å². The van der Waals surface area contributed by atoms with Crippen molar-refractivity contribution in [2.24, 2.45) is 7.05 Å². The summed E-state index contributed by atoms with van der Waals surface area (Å²) in [7, 11) is 1.80. The number of aromatic nitrogens is 6. The van der Waals surface area contributed by atoms with E-state index in [0.29, 0.717) is 17.5 Å². The van der Waals surface area contributed by atoms with E-state index in [1.165, 1.54) is 24.6 Å². The molecule has 1 saturated carbocycles. The second-order valence-corrected chi connectivity index (χ2v) is 4.64. The van der Waals surface area contributed by atoms with Crippen molar-refractivity contribution in [3.05, 3.63) is 11.7 Å². The minimum atomic E-state index is 0.503. The summed E-state index contributed by atoms with van der Waals surface area (Å²) in [6.07, 6.45) is 2.34. The highest BCUT2D eigenvalue weighted by Gasteiger charge is 2.29. The summed E-state index contributed by atoms with van der Waals surface area (Å²) in [5, 5.41) is 15.8. The maximum absolute atomic E-state index is 5.16. The number of tetrazole rings is 1. The maximum Gasteiger partial charge on any atom is 0.229 e. The molecule has 84 valence electrons. The van der Waals surface area contributed by atoms with Gasteiger partial charge in [-0.1, -0.05) is 16.9 Å². The molecule has 3 rings (SSSR count). The Balaban J connectivity index is 1.63. The first-order valence-electron chi connectivity index (χ1n) is 5.00. The fourth-order valence-corrected chi connectivity index (χ4v) is 1.99. The molecular formula is C8H10N6OS. The van der Waals surface area contributed by atoms with E-state index < -0.39 is 0 Å². The van der Waals surface area contributed by atoms with Crippen LogP contribution in [-0.2, 0) is 12.8 Å². The van der Waals surface area contributed by atoms with Crippen molar-refractivity contribution in [1.82, 2.24) is 30.3 Å². The number of thioether (sulfide) groups is 1. The topological polar surface area (TPSA) is 82.5 Å². The third kappa shape index (κ3) is 1.92. The van der Waals surface area contributed by atoms with Crippen LogP contribution in [0.5, 0.6) is 0 Å². The molecule has 1 aliphatic carbocycles. The van der Waals surface area contributed by atoms with Gasteiger partial charge in [-0.05, 0) is 23.3 Å². The summed E-state index contributed by atoms with van der Waals surface area (Å²) in [4.78, 5) is 4.32. The molecule has 0 radical (unpaired) electrons. The Kier molecular flexibility index (Phi) is 2.35. The fourth-order valence-electron chi connectivity index (χ4n) is 1.29. The predicted molar refractivity (Wildman–Crippen MR) is 54.6 cm³/mol.